The highest BCUT2D eigenvalue weighted by molar-refractivity contribution is 6.22. The Morgan fingerprint density at radius 1 is 1.14 bits per heavy atom. The van der Waals surface area contributed by atoms with Crippen molar-refractivity contribution in [2.24, 2.45) is 5.92 Å². The van der Waals surface area contributed by atoms with E-state index in [9.17, 15) is 32.9 Å². The first-order valence-electron chi connectivity index (χ1n) is 10.6. The number of imide groups is 1. The molecule has 0 saturated heterocycles. The monoisotopic (exact) mass is 494 g/mol. The van der Waals surface area contributed by atoms with E-state index in [1.165, 1.54) is 49.6 Å². The largest absolute Gasteiger partial charge is 0.497 e. The van der Waals surface area contributed by atoms with Crippen molar-refractivity contribution in [2.75, 3.05) is 18.6 Å². The number of amides is 2. The molecule has 0 saturated carbocycles. The molecule has 0 fully saturated rings. The molecule has 0 aliphatic carbocycles. The van der Waals surface area contributed by atoms with Crippen molar-refractivity contribution in [2.45, 2.75) is 44.9 Å². The van der Waals surface area contributed by atoms with Crippen LogP contribution in [0.25, 0.3) is 0 Å². The van der Waals surface area contributed by atoms with Gasteiger partial charge in [0.15, 0.2) is 0 Å². The van der Waals surface area contributed by atoms with Crippen LogP contribution in [0.4, 0.5) is 23.7 Å². The second-order valence-corrected chi connectivity index (χ2v) is 9.29. The molecule has 35 heavy (non-hydrogen) atoms. The van der Waals surface area contributed by atoms with Gasteiger partial charge in [-0.1, -0.05) is 29.8 Å². The molecular formula is C24H25F3N2O6. The highest BCUT2D eigenvalue weighted by Crippen LogP contribution is 2.55. The molecule has 0 aromatic heterocycles. The topological polar surface area (TPSA) is 99.0 Å². The lowest BCUT2D eigenvalue weighted by Crippen LogP contribution is -2.55. The number of nitrogens with zero attached hydrogens (tertiary/aromatic N) is 2. The molecule has 2 aromatic rings. The predicted molar refractivity (Wildman–Crippen MR) is 120 cm³/mol. The van der Waals surface area contributed by atoms with Crippen molar-refractivity contribution in [3.8, 4) is 5.75 Å². The van der Waals surface area contributed by atoms with Crippen LogP contribution in [0.1, 0.15) is 37.5 Å². The van der Waals surface area contributed by atoms with Gasteiger partial charge in [0.05, 0.1) is 12.8 Å². The van der Waals surface area contributed by atoms with Crippen molar-refractivity contribution in [1.29, 1.82) is 0 Å². The van der Waals surface area contributed by atoms with Gasteiger partial charge in [-0.3, -0.25) is 14.9 Å². The number of halogens is 3. The van der Waals surface area contributed by atoms with E-state index in [-0.39, 0.29) is 22.6 Å². The standard InChI is InChI=1S/C24H25F3N2O6/c1-14-6-8-15(9-7-14)23(19(13-28(32)33)24(25,26)27)17-12-16(34-5)10-11-18(17)29(20(23)30)21(31)35-22(2,3)4/h6-12,19H,13H2,1-5H3/t19-,23+/m0/s1. The Morgan fingerprint density at radius 2 is 1.74 bits per heavy atom. The van der Waals surface area contributed by atoms with Crippen molar-refractivity contribution >= 4 is 17.7 Å². The third-order valence-corrected chi connectivity index (χ3v) is 5.74. The summed E-state index contributed by atoms with van der Waals surface area (Å²) in [6, 6.07) is 9.48. The van der Waals surface area contributed by atoms with E-state index in [1.54, 1.807) is 27.7 Å². The summed E-state index contributed by atoms with van der Waals surface area (Å²) in [5.41, 5.74) is -3.55. The minimum Gasteiger partial charge on any atom is -0.497 e. The second-order valence-electron chi connectivity index (χ2n) is 9.29. The smallest absolute Gasteiger partial charge is 0.421 e. The van der Waals surface area contributed by atoms with Gasteiger partial charge in [-0.05, 0) is 51.5 Å². The Labute approximate surface area is 199 Å². The van der Waals surface area contributed by atoms with Crippen LogP contribution < -0.4 is 9.64 Å². The molecule has 188 valence electrons. The highest BCUT2D eigenvalue weighted by Gasteiger charge is 2.67. The average molecular weight is 494 g/mol. The first-order chi connectivity index (χ1) is 16.1. The molecule has 1 aliphatic heterocycles. The first-order valence-corrected chi connectivity index (χ1v) is 10.6. The minimum atomic E-state index is -5.18. The van der Waals surface area contributed by atoms with Crippen LogP contribution in [-0.2, 0) is 14.9 Å². The number of methoxy groups -OCH3 is 1. The SMILES string of the molecule is COc1ccc2c(c1)[C@](c1ccc(C)cc1)([C@H](C[N+](=O)[O-])C(F)(F)F)C(=O)N2C(=O)OC(C)(C)C. The van der Waals surface area contributed by atoms with E-state index in [4.69, 9.17) is 9.47 Å². The van der Waals surface area contributed by atoms with Gasteiger partial charge < -0.3 is 9.47 Å². The summed E-state index contributed by atoms with van der Waals surface area (Å²) >= 11 is 0. The van der Waals surface area contributed by atoms with Gasteiger partial charge in [0.1, 0.15) is 22.7 Å². The van der Waals surface area contributed by atoms with E-state index in [0.717, 1.165) is 0 Å². The van der Waals surface area contributed by atoms with Gasteiger partial charge in [-0.2, -0.15) is 13.2 Å². The number of aryl methyl sites for hydroxylation is 1. The highest BCUT2D eigenvalue weighted by atomic mass is 19.4. The number of alkyl halides is 3. The van der Waals surface area contributed by atoms with Crippen LogP contribution >= 0.6 is 0 Å². The zero-order valence-corrected chi connectivity index (χ0v) is 19.8. The third kappa shape index (κ3) is 4.67. The van der Waals surface area contributed by atoms with Crippen molar-refractivity contribution < 1.29 is 37.2 Å². The maximum atomic E-state index is 14.6. The lowest BCUT2D eigenvalue weighted by atomic mass is 9.65. The predicted octanol–water partition coefficient (Wildman–Crippen LogP) is 5.03. The Morgan fingerprint density at radius 3 is 2.23 bits per heavy atom. The zero-order valence-electron chi connectivity index (χ0n) is 19.8. The summed E-state index contributed by atoms with van der Waals surface area (Å²) in [5, 5.41) is 11.4. The van der Waals surface area contributed by atoms with Gasteiger partial charge in [-0.25, -0.2) is 9.69 Å². The number of nitro groups is 1. The lowest BCUT2D eigenvalue weighted by Gasteiger charge is -2.36. The van der Waals surface area contributed by atoms with Crippen LogP contribution in [0.15, 0.2) is 42.5 Å². The van der Waals surface area contributed by atoms with Crippen molar-refractivity contribution in [3.05, 3.63) is 69.3 Å². The Bertz CT molecular complexity index is 1160. The summed E-state index contributed by atoms with van der Waals surface area (Å²) in [4.78, 5) is 38.0. The zero-order chi connectivity index (χ0) is 26.3. The third-order valence-electron chi connectivity index (χ3n) is 5.74. The van der Waals surface area contributed by atoms with Crippen LogP contribution in [0.3, 0.4) is 0 Å². The molecular weight excluding hydrogens is 469 g/mol. The maximum absolute atomic E-state index is 14.6. The van der Waals surface area contributed by atoms with Crippen LogP contribution in [0.2, 0.25) is 0 Å². The van der Waals surface area contributed by atoms with Crippen LogP contribution in [0, 0.1) is 23.0 Å². The molecule has 2 atom stereocenters. The molecule has 0 spiro atoms. The van der Waals surface area contributed by atoms with Gasteiger partial charge >= 0.3 is 12.3 Å². The molecule has 2 amide bonds. The number of anilines is 1. The summed E-state index contributed by atoms with van der Waals surface area (Å²) in [6.07, 6.45) is -6.37. The van der Waals surface area contributed by atoms with Gasteiger partial charge in [-0.15, -0.1) is 0 Å². The van der Waals surface area contributed by atoms with Gasteiger partial charge in [0.25, 0.3) is 5.91 Å². The Hall–Kier alpha value is -3.63. The molecule has 0 bridgehead atoms. The number of rotatable bonds is 5. The normalized spacial score (nSPS) is 18.7. The van der Waals surface area contributed by atoms with Crippen LogP contribution in [-0.4, -0.2) is 42.4 Å². The molecule has 11 heteroatoms. The molecule has 0 N–H and O–H groups in total. The molecule has 1 heterocycles. The molecule has 8 nitrogen and oxygen atoms in total. The Kier molecular flexibility index (Phi) is 6.58. The number of carbonyl (C=O) groups excluding carboxylic acids is 2. The fraction of sp³-hybridized carbons (Fsp3) is 0.417. The number of carbonyl (C=O) groups is 2. The van der Waals surface area contributed by atoms with Gasteiger partial charge in [0, 0.05) is 10.5 Å². The number of benzene rings is 2. The summed E-state index contributed by atoms with van der Waals surface area (Å²) in [5.74, 6) is -3.97. The summed E-state index contributed by atoms with van der Waals surface area (Å²) < 4.78 is 54.2. The van der Waals surface area contributed by atoms with E-state index >= 15 is 0 Å². The maximum Gasteiger partial charge on any atom is 0.421 e. The van der Waals surface area contributed by atoms with Crippen molar-refractivity contribution in [3.63, 3.8) is 0 Å². The molecule has 3 rings (SSSR count). The minimum absolute atomic E-state index is 0.112. The van der Waals surface area contributed by atoms with E-state index < -0.39 is 46.6 Å². The van der Waals surface area contributed by atoms with E-state index in [0.29, 0.717) is 10.5 Å². The Balaban J connectivity index is 2.44. The second kappa shape index (κ2) is 8.86. The molecule has 0 unspecified atom stereocenters. The summed E-state index contributed by atoms with van der Waals surface area (Å²) in [6.45, 7) is 4.73. The first kappa shape index (κ1) is 26.0. The molecule has 2 aromatic carbocycles. The van der Waals surface area contributed by atoms with E-state index in [2.05, 4.69) is 0 Å². The van der Waals surface area contributed by atoms with Crippen LogP contribution in [0.5, 0.6) is 5.75 Å². The van der Waals surface area contributed by atoms with Crippen molar-refractivity contribution in [1.82, 2.24) is 0 Å². The average Bonchev–Trinajstić information content (AvgIpc) is 2.98. The summed E-state index contributed by atoms with van der Waals surface area (Å²) in [7, 11) is 1.29. The number of fused-ring (bicyclic) bond motifs is 1. The molecule has 0 radical (unpaired) electrons. The number of hydrogen-bond donors (Lipinski definition) is 0. The fourth-order valence-corrected chi connectivity index (χ4v) is 4.31. The quantitative estimate of drug-likeness (QED) is 0.427. The number of hydrogen-bond acceptors (Lipinski definition) is 6. The lowest BCUT2D eigenvalue weighted by molar-refractivity contribution is -0.499. The fourth-order valence-electron chi connectivity index (χ4n) is 4.31. The molecule has 1 aliphatic rings. The van der Waals surface area contributed by atoms with Gasteiger partial charge in [0.2, 0.25) is 6.54 Å². The number of ether oxygens (including phenoxy) is 2. The van der Waals surface area contributed by atoms with E-state index in [1.807, 2.05) is 0 Å².